The SMILES string of the molecule is C.CC(C)S(=O)(=O)c1cccc(C(=O)O)c1.CSCC[C@H](N)C(=O)Nc1nc(-c2ccccc2)cs1.CSCC[C@H](NC(=O)c1cccc(S(=O)(=O)C(C)C)c1)C(=O)Nc1nc(-c2ccccc2)cs1. The van der Waals surface area contributed by atoms with Crippen molar-refractivity contribution in [1.82, 2.24) is 15.3 Å². The molecule has 0 saturated heterocycles. The Kier molecular flexibility index (Phi) is 23.9. The third-order valence-corrected chi connectivity index (χ3v) is 17.0. The molecular weight excluding hydrogens is 1010 g/mol. The molecule has 0 aliphatic rings. The van der Waals surface area contributed by atoms with Gasteiger partial charge in [-0.3, -0.25) is 14.4 Å². The van der Waals surface area contributed by atoms with Crippen molar-refractivity contribution in [2.24, 2.45) is 5.73 Å². The number of nitrogens with one attached hydrogen (secondary N) is 3. The molecule has 6 rings (SSSR count). The van der Waals surface area contributed by atoms with E-state index in [4.69, 9.17) is 10.8 Å². The van der Waals surface area contributed by atoms with Gasteiger partial charge >= 0.3 is 5.97 Å². The van der Waals surface area contributed by atoms with Gasteiger partial charge in [0.25, 0.3) is 5.91 Å². The molecule has 70 heavy (non-hydrogen) atoms. The van der Waals surface area contributed by atoms with Crippen LogP contribution in [-0.2, 0) is 29.3 Å². The number of thiazole rings is 2. The number of sulfone groups is 2. The minimum absolute atomic E-state index is 0. The second-order valence-corrected chi connectivity index (χ2v) is 24.2. The average Bonchev–Trinajstić information content (AvgIpc) is 4.03. The number of hydrogen-bond donors (Lipinski definition) is 5. The van der Waals surface area contributed by atoms with Crippen LogP contribution in [0.1, 0.15) is 68.7 Å². The predicted molar refractivity (Wildman–Crippen MR) is 289 cm³/mol. The Bertz CT molecular complexity index is 2860. The quantitative estimate of drug-likeness (QED) is 0.0507. The van der Waals surface area contributed by atoms with Crippen LogP contribution in [0.3, 0.4) is 0 Å². The van der Waals surface area contributed by atoms with Crippen LogP contribution >= 0.6 is 46.2 Å². The summed E-state index contributed by atoms with van der Waals surface area (Å²) < 4.78 is 48.4. The lowest BCUT2D eigenvalue weighted by atomic mass is 10.1. The van der Waals surface area contributed by atoms with E-state index >= 15 is 0 Å². The van der Waals surface area contributed by atoms with Crippen molar-refractivity contribution < 1.29 is 41.1 Å². The number of rotatable bonds is 19. The molecule has 0 fully saturated rings. The topological polar surface area (TPSA) is 245 Å². The van der Waals surface area contributed by atoms with Crippen molar-refractivity contribution in [2.75, 3.05) is 34.7 Å². The summed E-state index contributed by atoms with van der Waals surface area (Å²) in [5, 5.41) is 20.7. The highest BCUT2D eigenvalue weighted by Crippen LogP contribution is 2.26. The van der Waals surface area contributed by atoms with Gasteiger partial charge in [-0.05, 0) is 101 Å². The van der Waals surface area contributed by atoms with Crippen LogP contribution in [0.25, 0.3) is 22.5 Å². The fourth-order valence-corrected chi connectivity index (χ4v) is 10.4. The Morgan fingerprint density at radius 2 is 1.06 bits per heavy atom. The highest BCUT2D eigenvalue weighted by molar-refractivity contribution is 7.98. The molecule has 15 nitrogen and oxygen atoms in total. The van der Waals surface area contributed by atoms with Crippen molar-refractivity contribution >= 4 is 99.8 Å². The normalized spacial score (nSPS) is 12.0. The summed E-state index contributed by atoms with van der Waals surface area (Å²) in [6.45, 7) is 6.30. The summed E-state index contributed by atoms with van der Waals surface area (Å²) in [4.78, 5) is 57.5. The molecule has 6 N–H and O–H groups in total. The van der Waals surface area contributed by atoms with Crippen LogP contribution < -0.4 is 21.7 Å². The van der Waals surface area contributed by atoms with Crippen LogP contribution in [-0.4, -0.2) is 102 Å². The molecule has 0 aliphatic carbocycles. The molecule has 6 aromatic rings. The van der Waals surface area contributed by atoms with E-state index in [2.05, 4.69) is 25.9 Å². The average molecular weight is 1070 g/mol. The Labute approximate surface area is 427 Å². The van der Waals surface area contributed by atoms with E-state index in [-0.39, 0.29) is 40.2 Å². The molecule has 4 aromatic carbocycles. The molecular formula is C49H60N6O9S6. The predicted octanol–water partition coefficient (Wildman–Crippen LogP) is 9.51. The van der Waals surface area contributed by atoms with Gasteiger partial charge in [0.2, 0.25) is 11.8 Å². The molecule has 0 unspecified atom stereocenters. The smallest absolute Gasteiger partial charge is 0.335 e. The van der Waals surface area contributed by atoms with E-state index in [1.54, 1.807) is 51.2 Å². The number of nitrogens with zero attached hydrogens (tertiary/aromatic N) is 2. The number of carbonyl (C=O) groups excluding carboxylic acids is 3. The third-order valence-electron chi connectivity index (χ3n) is 9.89. The largest absolute Gasteiger partial charge is 0.478 e. The number of carbonyl (C=O) groups is 4. The number of aromatic nitrogens is 2. The molecule has 2 aromatic heterocycles. The van der Waals surface area contributed by atoms with Gasteiger partial charge in [0.05, 0.1) is 43.3 Å². The zero-order chi connectivity index (χ0) is 50.7. The minimum atomic E-state index is -3.52. The summed E-state index contributed by atoms with van der Waals surface area (Å²) in [5.41, 5.74) is 9.60. The third kappa shape index (κ3) is 17.5. The van der Waals surface area contributed by atoms with Gasteiger partial charge in [0, 0.05) is 27.5 Å². The first-order valence-corrected chi connectivity index (χ1v) is 29.0. The molecule has 0 radical (unpaired) electrons. The number of carboxylic acids is 1. The molecule has 0 saturated carbocycles. The standard InChI is InChI=1S/C24H27N3O4S3.C14H17N3OS2.C10H12O4S.CH4/c1-16(2)34(30,31)19-11-7-10-18(14-19)22(28)25-20(12-13-32-3)23(29)27-24-26-21(15-33-24)17-8-5-4-6-9-17;1-19-8-7-11(15)13(18)17-14-16-12(9-20-14)10-5-3-2-4-6-10;1-7(2)15(13,14)9-5-3-4-8(6-9)10(11)12;/h4-11,14-16,20H,12-13H2,1-3H3,(H,25,28)(H,26,27,29);2-6,9,11H,7-8,15H2,1H3,(H,16,17,18);3-7H,1-2H3,(H,11,12);1H4/t20-;11-;;/m00../s1. The Hall–Kier alpha value is -5.42. The fraction of sp³-hybridized carbons (Fsp3) is 0.306. The van der Waals surface area contributed by atoms with Gasteiger partial charge in [0.15, 0.2) is 29.9 Å². The van der Waals surface area contributed by atoms with Crippen molar-refractivity contribution in [2.45, 2.75) is 80.3 Å². The highest BCUT2D eigenvalue weighted by atomic mass is 32.2. The van der Waals surface area contributed by atoms with E-state index in [0.717, 1.165) is 28.3 Å². The summed E-state index contributed by atoms with van der Waals surface area (Å²) >= 11 is 5.96. The molecule has 2 atom stereocenters. The number of carboxylic acid groups (broad SMARTS) is 1. The maximum Gasteiger partial charge on any atom is 0.335 e. The van der Waals surface area contributed by atoms with E-state index < -0.39 is 54.1 Å². The second kappa shape index (κ2) is 28.4. The Morgan fingerprint density at radius 1 is 0.629 bits per heavy atom. The fourth-order valence-electron chi connectivity index (χ4n) is 5.82. The molecule has 21 heteroatoms. The van der Waals surface area contributed by atoms with Crippen molar-refractivity contribution in [1.29, 1.82) is 0 Å². The molecule has 2 heterocycles. The zero-order valence-corrected chi connectivity index (χ0v) is 43.7. The van der Waals surface area contributed by atoms with Gasteiger partial charge in [0.1, 0.15) is 6.04 Å². The van der Waals surface area contributed by atoms with Crippen LogP contribution in [0, 0.1) is 0 Å². The van der Waals surface area contributed by atoms with Gasteiger partial charge in [-0.15, -0.1) is 22.7 Å². The number of amides is 3. The number of hydrogen-bond acceptors (Lipinski definition) is 15. The Morgan fingerprint density at radius 3 is 1.50 bits per heavy atom. The summed E-state index contributed by atoms with van der Waals surface area (Å²) in [6, 6.07) is 29.5. The summed E-state index contributed by atoms with van der Waals surface area (Å²) in [5.74, 6) is -0.646. The molecule has 3 amide bonds. The Balaban J connectivity index is 0.000000305. The van der Waals surface area contributed by atoms with Crippen LogP contribution in [0.2, 0.25) is 0 Å². The van der Waals surface area contributed by atoms with Crippen molar-refractivity contribution in [3.05, 3.63) is 131 Å². The first-order chi connectivity index (χ1) is 32.8. The minimum Gasteiger partial charge on any atom is -0.478 e. The first kappa shape index (κ1) is 58.9. The van der Waals surface area contributed by atoms with E-state index in [1.165, 1.54) is 71.2 Å². The lowest BCUT2D eigenvalue weighted by Gasteiger charge is -2.18. The molecule has 0 spiro atoms. The van der Waals surface area contributed by atoms with Gasteiger partial charge in [-0.25, -0.2) is 31.6 Å². The van der Waals surface area contributed by atoms with Crippen molar-refractivity contribution in [3.8, 4) is 22.5 Å². The number of aromatic carboxylic acids is 1. The number of anilines is 2. The molecule has 0 bridgehead atoms. The van der Waals surface area contributed by atoms with Gasteiger partial charge < -0.3 is 26.8 Å². The summed E-state index contributed by atoms with van der Waals surface area (Å²) in [6.07, 6.45) is 5.01. The van der Waals surface area contributed by atoms with E-state index in [1.807, 2.05) is 83.9 Å². The van der Waals surface area contributed by atoms with Crippen molar-refractivity contribution in [3.63, 3.8) is 0 Å². The number of nitrogens with two attached hydrogens (primary N) is 1. The monoisotopic (exact) mass is 1070 g/mol. The van der Waals surface area contributed by atoms with Crippen LogP contribution in [0.15, 0.2) is 130 Å². The highest BCUT2D eigenvalue weighted by Gasteiger charge is 2.25. The van der Waals surface area contributed by atoms with Crippen LogP contribution in [0.4, 0.5) is 10.3 Å². The lowest BCUT2D eigenvalue weighted by molar-refractivity contribution is -0.118. The van der Waals surface area contributed by atoms with Gasteiger partial charge in [-0.2, -0.15) is 23.5 Å². The van der Waals surface area contributed by atoms with E-state index in [0.29, 0.717) is 28.9 Å². The second-order valence-electron chi connectivity index (χ2n) is 15.5. The van der Waals surface area contributed by atoms with Crippen LogP contribution in [0.5, 0.6) is 0 Å². The number of benzene rings is 4. The van der Waals surface area contributed by atoms with E-state index in [9.17, 15) is 36.0 Å². The zero-order valence-electron chi connectivity index (χ0n) is 38.8. The maximum atomic E-state index is 13.0. The molecule has 0 aliphatic heterocycles. The van der Waals surface area contributed by atoms with Gasteiger partial charge in [-0.1, -0.05) is 80.2 Å². The lowest BCUT2D eigenvalue weighted by Crippen LogP contribution is -2.44. The summed E-state index contributed by atoms with van der Waals surface area (Å²) in [7, 11) is -6.92. The molecule has 376 valence electrons. The number of thioether (sulfide) groups is 2. The maximum absolute atomic E-state index is 13.0. The first-order valence-electron chi connectivity index (χ1n) is 21.4.